The minimum atomic E-state index is -1.29. The van der Waals surface area contributed by atoms with Crippen molar-refractivity contribution in [1.82, 2.24) is 19.7 Å². The van der Waals surface area contributed by atoms with E-state index in [-0.39, 0.29) is 127 Å². The number of pyridine rings is 1. The standard InChI is InChI=1S/C29H35N5O7.Eu/c35-24(36)18-31-10-12-32(19-25(37)38)14-16-34(17-15-33(13-11-31)20-26(39)40)28-27(21-6-2-1-3-7-21)22-8-4-5-9-23(22)30-29(28)41;/h1-9H,10-20H2,(H,30,41)(H,35,36)(H,37,38)(H,39,40);/q;+3/p-3. The Morgan fingerprint density at radius 2 is 1.07 bits per heavy atom. The molecule has 2 heterocycles. The van der Waals surface area contributed by atoms with Crippen LogP contribution in [-0.2, 0) is 14.4 Å². The van der Waals surface area contributed by atoms with Gasteiger partial charge in [-0.05, 0) is 11.6 Å². The Morgan fingerprint density at radius 3 is 1.55 bits per heavy atom. The summed E-state index contributed by atoms with van der Waals surface area (Å²) in [7, 11) is 0. The maximum Gasteiger partial charge on any atom is 3.00 e. The fourth-order valence-corrected chi connectivity index (χ4v) is 5.21. The maximum atomic E-state index is 13.7. The molecule has 0 bridgehead atoms. The van der Waals surface area contributed by atoms with E-state index < -0.39 is 17.9 Å². The minimum absolute atomic E-state index is 0. The van der Waals surface area contributed by atoms with Crippen LogP contribution in [0.1, 0.15) is 0 Å². The first-order valence-electron chi connectivity index (χ1n) is 13.4. The zero-order valence-electron chi connectivity index (χ0n) is 23.0. The third-order valence-corrected chi connectivity index (χ3v) is 7.17. The second-order valence-corrected chi connectivity index (χ2v) is 10.0. The van der Waals surface area contributed by atoms with E-state index in [2.05, 4.69) is 4.98 Å². The summed E-state index contributed by atoms with van der Waals surface area (Å²) < 4.78 is 0. The Hall–Kier alpha value is -2.68. The van der Waals surface area contributed by atoms with E-state index in [1.807, 2.05) is 59.5 Å². The van der Waals surface area contributed by atoms with E-state index in [1.54, 1.807) is 14.7 Å². The molecule has 1 aliphatic rings. The number of nitrogens with one attached hydrogen (secondary N) is 1. The van der Waals surface area contributed by atoms with Gasteiger partial charge in [0.05, 0.1) is 17.9 Å². The largest absolute Gasteiger partial charge is 3.00 e. The summed E-state index contributed by atoms with van der Waals surface area (Å²) >= 11 is 0. The van der Waals surface area contributed by atoms with Crippen LogP contribution in [0.3, 0.4) is 0 Å². The predicted molar refractivity (Wildman–Crippen MR) is 147 cm³/mol. The number of hydrogen-bond donors (Lipinski definition) is 1. The Labute approximate surface area is 284 Å². The number of aliphatic carboxylic acids is 3. The molecule has 1 aromatic heterocycles. The number of benzene rings is 2. The van der Waals surface area contributed by atoms with Crippen LogP contribution in [0.25, 0.3) is 22.0 Å². The van der Waals surface area contributed by atoms with Crippen LogP contribution in [-0.4, -0.2) is 110 Å². The molecular weight excluding hydrogens is 682 g/mol. The van der Waals surface area contributed by atoms with Crippen LogP contribution < -0.4 is 25.8 Å². The summed E-state index contributed by atoms with van der Waals surface area (Å²) in [4.78, 5) is 57.7. The first kappa shape index (κ1) is 33.8. The van der Waals surface area contributed by atoms with Crippen molar-refractivity contribution >= 4 is 34.5 Å². The van der Waals surface area contributed by atoms with Gasteiger partial charge in [0.1, 0.15) is 5.69 Å². The van der Waals surface area contributed by atoms with Crippen molar-refractivity contribution in [1.29, 1.82) is 0 Å². The molecule has 13 heteroatoms. The average Bonchev–Trinajstić information content (AvgIpc) is 2.92. The van der Waals surface area contributed by atoms with Crippen molar-refractivity contribution in [3.63, 3.8) is 0 Å². The molecule has 4 rings (SSSR count). The maximum absolute atomic E-state index is 13.7. The van der Waals surface area contributed by atoms with Crippen LogP contribution in [0.5, 0.6) is 0 Å². The Kier molecular flexibility index (Phi) is 13.1. The van der Waals surface area contributed by atoms with Gasteiger partial charge in [-0.2, -0.15) is 0 Å². The predicted octanol–water partition coefficient (Wildman–Crippen LogP) is -2.83. The number of carbonyl (C=O) groups is 3. The monoisotopic (exact) mass is 715 g/mol. The van der Waals surface area contributed by atoms with Crippen LogP contribution >= 0.6 is 0 Å². The van der Waals surface area contributed by atoms with Crippen molar-refractivity contribution in [3.05, 3.63) is 65.0 Å². The summed E-state index contributed by atoms with van der Waals surface area (Å²) in [5.74, 6) is -3.84. The molecule has 3 aromatic rings. The molecule has 1 saturated heterocycles. The minimum Gasteiger partial charge on any atom is -0.549 e. The van der Waals surface area contributed by atoms with Crippen LogP contribution in [0.2, 0.25) is 0 Å². The summed E-state index contributed by atoms with van der Waals surface area (Å²) in [5.41, 5.74) is 2.28. The first-order chi connectivity index (χ1) is 19.7. The molecule has 222 valence electrons. The Bertz CT molecular complexity index is 1400. The normalized spacial score (nSPS) is 16.2. The molecule has 1 aliphatic heterocycles. The number of H-pyrrole nitrogens is 1. The molecule has 0 atom stereocenters. The molecule has 0 amide bonds. The molecule has 2 aromatic carbocycles. The second-order valence-electron chi connectivity index (χ2n) is 10.0. The van der Waals surface area contributed by atoms with E-state index in [1.165, 1.54) is 0 Å². The number of rotatable bonds is 8. The molecule has 1 fully saturated rings. The number of anilines is 1. The third-order valence-electron chi connectivity index (χ3n) is 7.17. The van der Waals surface area contributed by atoms with Crippen LogP contribution in [0, 0.1) is 49.4 Å². The zero-order valence-corrected chi connectivity index (χ0v) is 25.4. The molecule has 0 spiro atoms. The quantitative estimate of drug-likeness (QED) is 0.256. The van der Waals surface area contributed by atoms with E-state index in [4.69, 9.17) is 0 Å². The number of aromatic nitrogens is 1. The number of aromatic amines is 1. The number of nitrogens with zero attached hydrogens (tertiary/aromatic N) is 4. The smallest absolute Gasteiger partial charge is 0.549 e. The number of hydrogen-bond acceptors (Lipinski definition) is 11. The van der Waals surface area contributed by atoms with Crippen molar-refractivity contribution < 1.29 is 79.1 Å². The molecular formula is C29H32EuN5O7. The van der Waals surface area contributed by atoms with Crippen molar-refractivity contribution in [2.24, 2.45) is 0 Å². The number of carboxylic acids is 3. The number of para-hydroxylation sites is 1. The summed E-state index contributed by atoms with van der Waals surface area (Å²) in [6.45, 7) is 0.692. The van der Waals surface area contributed by atoms with Gasteiger partial charge in [-0.25, -0.2) is 0 Å². The first-order valence-corrected chi connectivity index (χ1v) is 13.4. The topological polar surface area (TPSA) is 166 Å². The van der Waals surface area contributed by atoms with Crippen LogP contribution in [0.15, 0.2) is 59.4 Å². The fourth-order valence-electron chi connectivity index (χ4n) is 5.21. The van der Waals surface area contributed by atoms with Crippen molar-refractivity contribution in [3.8, 4) is 11.1 Å². The van der Waals surface area contributed by atoms with E-state index in [0.717, 1.165) is 16.5 Å². The fraction of sp³-hybridized carbons (Fsp3) is 0.379. The van der Waals surface area contributed by atoms with Gasteiger partial charge in [0.2, 0.25) is 0 Å². The van der Waals surface area contributed by atoms with Gasteiger partial charge in [0.25, 0.3) is 5.56 Å². The molecule has 12 nitrogen and oxygen atoms in total. The van der Waals surface area contributed by atoms with Gasteiger partial charge in [0, 0.05) is 88.5 Å². The third kappa shape index (κ3) is 9.42. The van der Waals surface area contributed by atoms with Gasteiger partial charge >= 0.3 is 49.4 Å². The van der Waals surface area contributed by atoms with E-state index in [0.29, 0.717) is 11.2 Å². The van der Waals surface area contributed by atoms with Crippen LogP contribution in [0.4, 0.5) is 5.69 Å². The number of fused-ring (bicyclic) bond motifs is 1. The SMILES string of the molecule is O=C([O-])CN1CCN(CC(=O)[O-])CCN(c2c(-c3ccccc3)c3ccccc3[nH]c2=O)CCN(CC(=O)[O-])CC1.[Eu+3]. The zero-order chi connectivity index (χ0) is 29.4. The van der Waals surface area contributed by atoms with Gasteiger partial charge < -0.3 is 39.6 Å². The van der Waals surface area contributed by atoms with E-state index >= 15 is 0 Å². The Morgan fingerprint density at radius 1 is 0.643 bits per heavy atom. The van der Waals surface area contributed by atoms with Crippen molar-refractivity contribution in [2.75, 3.05) is 76.9 Å². The van der Waals surface area contributed by atoms with Gasteiger partial charge in [-0.1, -0.05) is 48.5 Å². The van der Waals surface area contributed by atoms with Gasteiger partial charge in [-0.3, -0.25) is 19.5 Å². The molecule has 42 heavy (non-hydrogen) atoms. The van der Waals surface area contributed by atoms with E-state index in [9.17, 15) is 34.5 Å². The molecule has 0 saturated carbocycles. The summed E-state index contributed by atoms with van der Waals surface area (Å²) in [6, 6.07) is 16.9. The van der Waals surface area contributed by atoms with Gasteiger partial charge in [-0.15, -0.1) is 0 Å². The molecule has 0 unspecified atom stereocenters. The summed E-state index contributed by atoms with van der Waals surface area (Å²) in [5, 5.41) is 35.2. The Balaban J connectivity index is 0.00000484. The summed E-state index contributed by atoms with van der Waals surface area (Å²) in [6.07, 6.45) is 0. The number of carboxylic acid groups (broad SMARTS) is 3. The van der Waals surface area contributed by atoms with Crippen molar-refractivity contribution in [2.45, 2.75) is 0 Å². The molecule has 0 radical (unpaired) electrons. The van der Waals surface area contributed by atoms with Gasteiger partial charge in [0.15, 0.2) is 0 Å². The molecule has 0 aliphatic carbocycles. The number of carbonyl (C=O) groups excluding carboxylic acids is 3. The average molecular weight is 715 g/mol. The second kappa shape index (κ2) is 16.2. The molecule has 1 N–H and O–H groups in total.